The topological polar surface area (TPSA) is 81.5 Å². The zero-order valence-electron chi connectivity index (χ0n) is 14.9. The van der Waals surface area contributed by atoms with Crippen LogP contribution in [0.1, 0.15) is 40.7 Å². The first-order valence-corrected chi connectivity index (χ1v) is 9.32. The highest BCUT2D eigenvalue weighted by molar-refractivity contribution is 7.71. The number of nitrogens with zero attached hydrogens (tertiary/aromatic N) is 3. The normalized spacial score (nSPS) is 16.5. The Labute approximate surface area is 166 Å². The van der Waals surface area contributed by atoms with Gasteiger partial charge in [-0.05, 0) is 67.0 Å². The molecule has 2 heterocycles. The van der Waals surface area contributed by atoms with Gasteiger partial charge in [0, 0.05) is 6.61 Å². The van der Waals surface area contributed by atoms with Crippen molar-refractivity contribution in [1.82, 2.24) is 14.9 Å². The number of ether oxygens (including phenoxy) is 2. The van der Waals surface area contributed by atoms with Crippen molar-refractivity contribution in [3.8, 4) is 5.75 Å². The second-order valence-corrected chi connectivity index (χ2v) is 6.66. The van der Waals surface area contributed by atoms with E-state index in [1.54, 1.807) is 47.3 Å². The maximum atomic E-state index is 12.1. The van der Waals surface area contributed by atoms with Gasteiger partial charge in [0.2, 0.25) is 4.77 Å². The SMILES string of the molecule is O=C(Oc1ccc(/C=N\n2c(C3CCCO3)n[nH]c2=S)cc1)c1ccccc1. The van der Waals surface area contributed by atoms with E-state index in [0.717, 1.165) is 25.0 Å². The lowest BCUT2D eigenvalue weighted by atomic mass is 10.2. The van der Waals surface area contributed by atoms with E-state index in [2.05, 4.69) is 15.3 Å². The molecule has 1 aromatic heterocycles. The first-order valence-electron chi connectivity index (χ1n) is 8.91. The van der Waals surface area contributed by atoms with Gasteiger partial charge in [-0.1, -0.05) is 18.2 Å². The second kappa shape index (κ2) is 8.28. The van der Waals surface area contributed by atoms with Gasteiger partial charge in [-0.3, -0.25) is 5.10 Å². The largest absolute Gasteiger partial charge is 0.423 e. The summed E-state index contributed by atoms with van der Waals surface area (Å²) < 4.78 is 13.0. The maximum absolute atomic E-state index is 12.1. The molecule has 0 amide bonds. The Bertz CT molecular complexity index is 1040. The van der Waals surface area contributed by atoms with Crippen LogP contribution in [0.4, 0.5) is 0 Å². The number of H-pyrrole nitrogens is 1. The molecule has 0 saturated carbocycles. The first kappa shape index (κ1) is 18.3. The highest BCUT2D eigenvalue weighted by Gasteiger charge is 2.23. The third-order valence-electron chi connectivity index (χ3n) is 4.32. The molecule has 1 fully saturated rings. The molecule has 1 aliphatic rings. The van der Waals surface area contributed by atoms with Crippen LogP contribution >= 0.6 is 12.2 Å². The Kier molecular flexibility index (Phi) is 5.41. The van der Waals surface area contributed by atoms with Crippen LogP contribution in [-0.2, 0) is 4.74 Å². The first-order chi connectivity index (χ1) is 13.7. The van der Waals surface area contributed by atoms with E-state index in [1.807, 2.05) is 18.2 Å². The van der Waals surface area contributed by atoms with Crippen molar-refractivity contribution >= 4 is 24.4 Å². The smallest absolute Gasteiger partial charge is 0.343 e. The van der Waals surface area contributed by atoms with Crippen molar-refractivity contribution in [3.63, 3.8) is 0 Å². The van der Waals surface area contributed by atoms with Gasteiger partial charge in [0.05, 0.1) is 11.8 Å². The molecular formula is C20H18N4O3S. The number of hydrogen-bond donors (Lipinski definition) is 1. The monoisotopic (exact) mass is 394 g/mol. The Morgan fingerprint density at radius 1 is 1.25 bits per heavy atom. The van der Waals surface area contributed by atoms with Crippen LogP contribution in [0.25, 0.3) is 0 Å². The van der Waals surface area contributed by atoms with Gasteiger partial charge in [0.15, 0.2) is 5.82 Å². The maximum Gasteiger partial charge on any atom is 0.343 e. The molecular weight excluding hydrogens is 376 g/mol. The lowest BCUT2D eigenvalue weighted by Crippen LogP contribution is -2.08. The summed E-state index contributed by atoms with van der Waals surface area (Å²) in [6.07, 6.45) is 3.48. The Hall–Kier alpha value is -3.10. The highest BCUT2D eigenvalue weighted by atomic mass is 32.1. The van der Waals surface area contributed by atoms with Gasteiger partial charge in [-0.25, -0.2) is 4.79 Å². The average Bonchev–Trinajstić information content (AvgIpc) is 3.38. The van der Waals surface area contributed by atoms with Gasteiger partial charge < -0.3 is 9.47 Å². The number of aromatic amines is 1. The zero-order valence-corrected chi connectivity index (χ0v) is 15.8. The van der Waals surface area contributed by atoms with E-state index in [4.69, 9.17) is 21.7 Å². The van der Waals surface area contributed by atoms with Crippen LogP contribution in [0, 0.1) is 4.77 Å². The highest BCUT2D eigenvalue weighted by Crippen LogP contribution is 2.27. The second-order valence-electron chi connectivity index (χ2n) is 6.27. The van der Waals surface area contributed by atoms with Crippen molar-refractivity contribution in [2.24, 2.45) is 5.10 Å². The summed E-state index contributed by atoms with van der Waals surface area (Å²) in [5, 5.41) is 11.4. The molecule has 1 unspecified atom stereocenters. The molecule has 0 aliphatic carbocycles. The van der Waals surface area contributed by atoms with E-state index >= 15 is 0 Å². The summed E-state index contributed by atoms with van der Waals surface area (Å²) in [4.78, 5) is 12.1. The number of carbonyl (C=O) groups is 1. The van der Waals surface area contributed by atoms with Crippen molar-refractivity contribution in [1.29, 1.82) is 0 Å². The summed E-state index contributed by atoms with van der Waals surface area (Å²) in [5.41, 5.74) is 1.34. The number of benzene rings is 2. The summed E-state index contributed by atoms with van der Waals surface area (Å²) >= 11 is 5.26. The zero-order chi connectivity index (χ0) is 19.3. The quantitative estimate of drug-likeness (QED) is 0.307. The lowest BCUT2D eigenvalue weighted by molar-refractivity contribution is 0.0734. The van der Waals surface area contributed by atoms with Gasteiger partial charge in [0.1, 0.15) is 11.9 Å². The third-order valence-corrected chi connectivity index (χ3v) is 4.58. The molecule has 3 aromatic rings. The van der Waals surface area contributed by atoms with Crippen LogP contribution in [0.5, 0.6) is 5.75 Å². The summed E-state index contributed by atoms with van der Waals surface area (Å²) in [6.45, 7) is 0.719. The summed E-state index contributed by atoms with van der Waals surface area (Å²) in [6, 6.07) is 15.9. The van der Waals surface area contributed by atoms with Gasteiger partial charge in [0.25, 0.3) is 0 Å². The number of aromatic nitrogens is 3. The van der Waals surface area contributed by atoms with E-state index in [9.17, 15) is 4.79 Å². The van der Waals surface area contributed by atoms with Crippen LogP contribution < -0.4 is 4.74 Å². The van der Waals surface area contributed by atoms with E-state index in [0.29, 0.717) is 21.9 Å². The predicted molar refractivity (Wildman–Crippen MR) is 106 cm³/mol. The molecule has 142 valence electrons. The number of esters is 1. The lowest BCUT2D eigenvalue weighted by Gasteiger charge is -2.07. The fraction of sp³-hybridized carbons (Fsp3) is 0.200. The van der Waals surface area contributed by atoms with Crippen LogP contribution in [0.3, 0.4) is 0 Å². The minimum atomic E-state index is -0.395. The Morgan fingerprint density at radius 3 is 2.75 bits per heavy atom. The van der Waals surface area contributed by atoms with E-state index in [1.165, 1.54) is 0 Å². The standard InChI is InChI=1S/C20H18N4O3S/c25-19(15-5-2-1-3-6-15)27-16-10-8-14(9-11-16)13-21-24-18(22-23-20(24)28)17-7-4-12-26-17/h1-3,5-6,8-11,13,17H,4,7,12H2,(H,23,28)/b21-13-. The fourth-order valence-corrected chi connectivity index (χ4v) is 3.08. The van der Waals surface area contributed by atoms with Crippen LogP contribution in [0.2, 0.25) is 0 Å². The average molecular weight is 394 g/mol. The molecule has 7 nitrogen and oxygen atoms in total. The van der Waals surface area contributed by atoms with Gasteiger partial charge in [-0.15, -0.1) is 0 Å². The number of hydrogen-bond acceptors (Lipinski definition) is 6. The van der Waals surface area contributed by atoms with Crippen molar-refractivity contribution in [2.45, 2.75) is 18.9 Å². The molecule has 1 atom stereocenters. The molecule has 0 spiro atoms. The van der Waals surface area contributed by atoms with Gasteiger partial charge in [-0.2, -0.15) is 14.9 Å². The van der Waals surface area contributed by atoms with Crippen LogP contribution in [-0.4, -0.2) is 33.7 Å². The minimum absolute atomic E-state index is 0.0927. The van der Waals surface area contributed by atoms with Crippen LogP contribution in [0.15, 0.2) is 59.7 Å². The fourth-order valence-electron chi connectivity index (χ4n) is 2.89. The molecule has 0 bridgehead atoms. The molecule has 8 heteroatoms. The molecule has 4 rings (SSSR count). The predicted octanol–water partition coefficient (Wildman–Crippen LogP) is 3.89. The van der Waals surface area contributed by atoms with Crippen molar-refractivity contribution in [3.05, 3.63) is 76.3 Å². The van der Waals surface area contributed by atoms with Crippen molar-refractivity contribution in [2.75, 3.05) is 6.61 Å². The number of rotatable bonds is 5. The van der Waals surface area contributed by atoms with E-state index < -0.39 is 5.97 Å². The van der Waals surface area contributed by atoms with Gasteiger partial charge >= 0.3 is 5.97 Å². The minimum Gasteiger partial charge on any atom is -0.423 e. The number of nitrogens with one attached hydrogen (secondary N) is 1. The molecule has 28 heavy (non-hydrogen) atoms. The molecule has 2 aromatic carbocycles. The van der Waals surface area contributed by atoms with Crippen molar-refractivity contribution < 1.29 is 14.3 Å². The summed E-state index contributed by atoms with van der Waals surface area (Å²) in [5.74, 6) is 0.742. The Balaban J connectivity index is 1.46. The molecule has 1 N–H and O–H groups in total. The molecule has 1 aliphatic heterocycles. The molecule has 0 radical (unpaired) electrons. The molecule has 1 saturated heterocycles. The van der Waals surface area contributed by atoms with E-state index in [-0.39, 0.29) is 6.10 Å². The Morgan fingerprint density at radius 2 is 2.04 bits per heavy atom. The third kappa shape index (κ3) is 4.08. The number of carbonyl (C=O) groups excluding carboxylic acids is 1. The summed E-state index contributed by atoms with van der Waals surface area (Å²) in [7, 11) is 0.